The molecule has 2 aromatic rings. The molecule has 0 atom stereocenters. The van der Waals surface area contributed by atoms with Crippen LogP contribution in [-0.4, -0.2) is 121 Å². The minimum atomic E-state index is -0.749. The number of carbonyl (C=O) groups is 10. The molecule has 0 aliphatic rings. The van der Waals surface area contributed by atoms with Crippen LogP contribution in [0.3, 0.4) is 0 Å². The lowest BCUT2D eigenvalue weighted by molar-refractivity contribution is -0.117. The van der Waals surface area contributed by atoms with Crippen LogP contribution < -0.4 is 53.2 Å². The molecule has 24 nitrogen and oxygen atoms in total. The van der Waals surface area contributed by atoms with Gasteiger partial charge >= 0.3 is 24.4 Å². The molecule has 0 aromatic heterocycles. The Labute approximate surface area is 419 Å². The lowest BCUT2D eigenvalue weighted by atomic mass is 10.1. The molecule has 24 heteroatoms. The first-order valence-electron chi connectivity index (χ1n) is 23.2. The van der Waals surface area contributed by atoms with E-state index in [-0.39, 0.29) is 98.8 Å². The maximum absolute atomic E-state index is 13.5. The molecule has 0 fully saturated rings. The van der Waals surface area contributed by atoms with Crippen LogP contribution in [0, 0.1) is 0 Å². The summed E-state index contributed by atoms with van der Waals surface area (Å²) in [4.78, 5) is 127. The van der Waals surface area contributed by atoms with Crippen molar-refractivity contribution in [1.29, 1.82) is 0 Å². The third-order valence-electron chi connectivity index (χ3n) is 8.30. The molecule has 0 unspecified atom stereocenters. The molecule has 10 N–H and O–H groups in total. The normalized spacial score (nSPS) is 11.3. The van der Waals surface area contributed by atoms with E-state index in [1.165, 1.54) is 36.4 Å². The minimum Gasteiger partial charge on any atom is -0.444 e. The van der Waals surface area contributed by atoms with E-state index in [4.69, 9.17) is 18.9 Å². The van der Waals surface area contributed by atoms with E-state index in [1.807, 2.05) is 0 Å². The monoisotopic (exact) mass is 1010 g/mol. The number of rotatable bonds is 21. The Morgan fingerprint density at radius 2 is 0.528 bits per heavy atom. The van der Waals surface area contributed by atoms with Crippen molar-refractivity contribution in [3.8, 4) is 0 Å². The number of anilines is 4. The zero-order valence-electron chi connectivity index (χ0n) is 43.3. The van der Waals surface area contributed by atoms with Crippen molar-refractivity contribution >= 4 is 82.6 Å². The van der Waals surface area contributed by atoms with Gasteiger partial charge in [-0.05, 0) is 119 Å². The molecule has 10 amide bonds. The zero-order chi connectivity index (χ0) is 54.5. The molecule has 0 saturated heterocycles. The van der Waals surface area contributed by atoms with Gasteiger partial charge in [0, 0.05) is 98.8 Å². The Kier molecular flexibility index (Phi) is 23.2. The summed E-state index contributed by atoms with van der Waals surface area (Å²) in [5.74, 6) is -3.48. The van der Waals surface area contributed by atoms with E-state index in [9.17, 15) is 47.9 Å². The Hall–Kier alpha value is -7.66. The smallest absolute Gasteiger partial charge is 0.407 e. The quantitative estimate of drug-likeness (QED) is 0.0564. The minimum absolute atomic E-state index is 0.000369. The number of alkyl carbamates (subject to hydrolysis) is 4. The molecule has 0 spiro atoms. The summed E-state index contributed by atoms with van der Waals surface area (Å²) < 4.78 is 20.7. The summed E-state index contributed by atoms with van der Waals surface area (Å²) >= 11 is 0. The number of nitrogens with one attached hydrogen (secondary N) is 10. The van der Waals surface area contributed by atoms with E-state index < -0.39 is 82.2 Å². The van der Waals surface area contributed by atoms with Crippen molar-refractivity contribution in [1.82, 2.24) is 31.9 Å². The van der Waals surface area contributed by atoms with E-state index in [2.05, 4.69) is 53.2 Å². The van der Waals surface area contributed by atoms with Gasteiger partial charge in [0.2, 0.25) is 23.6 Å². The van der Waals surface area contributed by atoms with Crippen molar-refractivity contribution in [2.24, 2.45) is 0 Å². The van der Waals surface area contributed by atoms with Gasteiger partial charge < -0.3 is 72.1 Å². The predicted molar refractivity (Wildman–Crippen MR) is 267 cm³/mol. The van der Waals surface area contributed by atoms with Crippen molar-refractivity contribution in [3.05, 3.63) is 47.5 Å². The van der Waals surface area contributed by atoms with Crippen LogP contribution in [-0.2, 0) is 38.1 Å². The summed E-state index contributed by atoms with van der Waals surface area (Å²) in [5, 5.41) is 25.8. The van der Waals surface area contributed by atoms with E-state index >= 15 is 0 Å². The second-order valence-electron chi connectivity index (χ2n) is 20.0. The zero-order valence-corrected chi connectivity index (χ0v) is 43.3. The number of hydrogen-bond acceptors (Lipinski definition) is 14. The van der Waals surface area contributed by atoms with Crippen LogP contribution in [0.5, 0.6) is 0 Å². The van der Waals surface area contributed by atoms with Crippen molar-refractivity contribution in [2.45, 2.75) is 131 Å². The van der Waals surface area contributed by atoms with Gasteiger partial charge in [-0.1, -0.05) is 0 Å². The van der Waals surface area contributed by atoms with Crippen LogP contribution >= 0.6 is 0 Å². The van der Waals surface area contributed by atoms with Gasteiger partial charge in [-0.2, -0.15) is 0 Å². The highest BCUT2D eigenvalue weighted by molar-refractivity contribution is 6.02. The van der Waals surface area contributed by atoms with E-state index in [0.29, 0.717) is 0 Å². The molecule has 0 aliphatic carbocycles. The number of ether oxygens (including phenoxy) is 4. The highest BCUT2D eigenvalue weighted by Gasteiger charge is 2.21. The number of amides is 10. The number of carbonyl (C=O) groups excluding carboxylic acids is 10. The third-order valence-corrected chi connectivity index (χ3v) is 8.30. The molecule has 2 rings (SSSR count). The topological polar surface area (TPSA) is 328 Å². The van der Waals surface area contributed by atoms with E-state index in [0.717, 1.165) is 0 Å². The van der Waals surface area contributed by atoms with Gasteiger partial charge in [-0.15, -0.1) is 0 Å². The van der Waals surface area contributed by atoms with Gasteiger partial charge in [0.1, 0.15) is 22.4 Å². The fourth-order valence-electron chi connectivity index (χ4n) is 5.63. The van der Waals surface area contributed by atoms with Crippen LogP contribution in [0.25, 0.3) is 0 Å². The summed E-state index contributed by atoms with van der Waals surface area (Å²) in [6.07, 6.45) is -3.54. The average Bonchev–Trinajstić information content (AvgIpc) is 3.19. The highest BCUT2D eigenvalue weighted by Crippen LogP contribution is 2.22. The molecular formula is C48H72N10O14. The summed E-state index contributed by atoms with van der Waals surface area (Å²) in [7, 11) is 0. The van der Waals surface area contributed by atoms with Crippen LogP contribution in [0.2, 0.25) is 0 Å². The fraction of sp³-hybridized carbons (Fsp3) is 0.542. The molecule has 0 saturated carbocycles. The highest BCUT2D eigenvalue weighted by atomic mass is 16.6. The molecule has 0 aliphatic heterocycles. The van der Waals surface area contributed by atoms with Gasteiger partial charge in [0.15, 0.2) is 0 Å². The van der Waals surface area contributed by atoms with Crippen molar-refractivity contribution < 1.29 is 66.9 Å². The predicted octanol–water partition coefficient (Wildman–Crippen LogP) is 5.26. The first-order chi connectivity index (χ1) is 33.2. The SMILES string of the molecule is CC(C)(C)OC(=O)NCCC(=O)Nc1cc(NC(=O)CCNC(=O)OC(C)(C)C)cc(C(=O)NCCNC(=O)c2cc(NC(=O)CCNC(=O)OC(C)(C)C)cc(NC(=O)CCNC(=O)OC(C)(C)C)c2)c1. The Balaban J connectivity index is 2.21. The molecule has 2 aromatic carbocycles. The van der Waals surface area contributed by atoms with Crippen LogP contribution in [0.15, 0.2) is 36.4 Å². The second kappa shape index (κ2) is 27.7. The Bertz CT molecular complexity index is 1990. The molecular weight excluding hydrogens is 941 g/mol. The first-order valence-corrected chi connectivity index (χ1v) is 23.2. The first kappa shape index (κ1) is 60.5. The van der Waals surface area contributed by atoms with Crippen molar-refractivity contribution in [2.75, 3.05) is 60.5 Å². The summed E-state index contributed by atoms with van der Waals surface area (Å²) in [6.45, 7) is 19.8. The molecule has 0 heterocycles. The maximum Gasteiger partial charge on any atom is 0.407 e. The Morgan fingerprint density at radius 1 is 0.319 bits per heavy atom. The lowest BCUT2D eigenvalue weighted by Crippen LogP contribution is -2.35. The molecule has 398 valence electrons. The lowest BCUT2D eigenvalue weighted by Gasteiger charge is -2.19. The Morgan fingerprint density at radius 3 is 0.722 bits per heavy atom. The molecule has 0 bridgehead atoms. The van der Waals surface area contributed by atoms with Gasteiger partial charge in [0.25, 0.3) is 11.8 Å². The third kappa shape index (κ3) is 28.1. The average molecular weight is 1010 g/mol. The van der Waals surface area contributed by atoms with Gasteiger partial charge in [0.05, 0.1) is 0 Å². The molecule has 72 heavy (non-hydrogen) atoms. The van der Waals surface area contributed by atoms with Crippen LogP contribution in [0.1, 0.15) is 129 Å². The summed E-state index contributed by atoms with van der Waals surface area (Å²) in [6, 6.07) is 8.22. The second-order valence-corrected chi connectivity index (χ2v) is 20.0. The number of benzene rings is 2. The maximum atomic E-state index is 13.5. The number of hydrogen-bond donors (Lipinski definition) is 10. The van der Waals surface area contributed by atoms with Gasteiger partial charge in [-0.25, -0.2) is 19.2 Å². The standard InChI is InChI=1S/C48H72N10O14/c1-45(2,3)69-41(65)51-17-13-35(59)55-31-23-29(24-32(27-31)56-36(60)14-18-52-42(66)70-46(4,5)6)39(63)49-21-22-50-40(64)30-25-33(57-37(61)15-19-53-43(67)71-47(7,8)9)28-34(26-30)58-38(62)16-20-54-44(68)72-48(10,11)12/h23-28H,13-22H2,1-12H3,(H,49,63)(H,50,64)(H,51,65)(H,52,66)(H,53,67)(H,54,68)(H,55,59)(H,56,60)(H,57,61)(H,58,62). The van der Waals surface area contributed by atoms with Gasteiger partial charge in [-0.3, -0.25) is 28.8 Å². The largest absolute Gasteiger partial charge is 0.444 e. The van der Waals surface area contributed by atoms with Crippen LogP contribution in [0.4, 0.5) is 41.9 Å². The fourth-order valence-corrected chi connectivity index (χ4v) is 5.63. The summed E-state index contributed by atoms with van der Waals surface area (Å²) in [5.41, 5.74) is -2.52. The van der Waals surface area contributed by atoms with Crippen molar-refractivity contribution in [3.63, 3.8) is 0 Å². The van der Waals surface area contributed by atoms with E-state index in [1.54, 1.807) is 83.1 Å². The molecule has 0 radical (unpaired) electrons.